The number of ether oxygens (including phenoxy) is 3. The van der Waals surface area contributed by atoms with Gasteiger partial charge in [-0.1, -0.05) is 6.07 Å². The summed E-state index contributed by atoms with van der Waals surface area (Å²) in [4.78, 5) is 24.3. The summed E-state index contributed by atoms with van der Waals surface area (Å²) in [6.07, 6.45) is -0.541. The molecule has 4 rings (SSSR count). The van der Waals surface area contributed by atoms with E-state index in [1.807, 2.05) is 0 Å². The Labute approximate surface area is 189 Å². The van der Waals surface area contributed by atoms with Crippen molar-refractivity contribution >= 4 is 21.8 Å². The van der Waals surface area contributed by atoms with Gasteiger partial charge in [0.25, 0.3) is 0 Å². The van der Waals surface area contributed by atoms with Crippen LogP contribution in [0.15, 0.2) is 47.4 Å². The van der Waals surface area contributed by atoms with Crippen LogP contribution in [0, 0.1) is 5.82 Å². The van der Waals surface area contributed by atoms with E-state index in [1.165, 1.54) is 12.1 Å². The van der Waals surface area contributed by atoms with E-state index < -0.39 is 33.9 Å². The summed E-state index contributed by atoms with van der Waals surface area (Å²) in [7, 11) is -3.98. The van der Waals surface area contributed by atoms with Crippen LogP contribution in [0.5, 0.6) is 11.5 Å². The molecule has 0 spiro atoms. The SMILES string of the molecule is O=C(NCc1ccc2c(c1)OCO2)C(=O)NC[C@@H]1OCCCN1S(=O)(=O)c1ccc(F)cc1. The zero-order chi connectivity index (χ0) is 23.4. The molecule has 1 atom stereocenters. The maximum Gasteiger partial charge on any atom is 0.309 e. The van der Waals surface area contributed by atoms with Crippen molar-refractivity contribution in [1.29, 1.82) is 0 Å². The number of hydrogen-bond donors (Lipinski definition) is 2. The number of halogens is 1. The van der Waals surface area contributed by atoms with Crippen LogP contribution in [0.4, 0.5) is 4.39 Å². The molecular formula is C21H22FN3O7S. The first-order valence-electron chi connectivity index (χ1n) is 10.2. The summed E-state index contributed by atoms with van der Waals surface area (Å²) in [5.41, 5.74) is 0.715. The largest absolute Gasteiger partial charge is 0.454 e. The molecule has 0 saturated carbocycles. The average Bonchev–Trinajstić information content (AvgIpc) is 3.29. The molecule has 2 aliphatic rings. The second kappa shape index (κ2) is 9.73. The van der Waals surface area contributed by atoms with E-state index in [0.717, 1.165) is 16.4 Å². The zero-order valence-corrected chi connectivity index (χ0v) is 18.3. The number of rotatable bonds is 6. The fourth-order valence-corrected chi connectivity index (χ4v) is 4.98. The summed E-state index contributed by atoms with van der Waals surface area (Å²) in [5.74, 6) is -1.20. The van der Waals surface area contributed by atoms with Gasteiger partial charge in [0.1, 0.15) is 12.0 Å². The molecular weight excluding hydrogens is 457 g/mol. The first-order valence-corrected chi connectivity index (χ1v) is 11.6. The van der Waals surface area contributed by atoms with Gasteiger partial charge in [0, 0.05) is 13.1 Å². The molecule has 0 aromatic heterocycles. The molecule has 2 aliphatic heterocycles. The first-order chi connectivity index (χ1) is 15.8. The van der Waals surface area contributed by atoms with E-state index in [9.17, 15) is 22.4 Å². The highest BCUT2D eigenvalue weighted by molar-refractivity contribution is 7.89. The average molecular weight is 479 g/mol. The maximum atomic E-state index is 13.2. The van der Waals surface area contributed by atoms with Gasteiger partial charge in [0.05, 0.1) is 18.0 Å². The highest BCUT2D eigenvalue weighted by Gasteiger charge is 2.35. The molecule has 0 radical (unpaired) electrons. The summed E-state index contributed by atoms with van der Waals surface area (Å²) in [5, 5.41) is 4.90. The first kappa shape index (κ1) is 23.0. The Hall–Kier alpha value is -3.22. The minimum Gasteiger partial charge on any atom is -0.454 e. The Kier molecular flexibility index (Phi) is 6.77. The van der Waals surface area contributed by atoms with Crippen molar-refractivity contribution in [3.8, 4) is 11.5 Å². The predicted octanol–water partition coefficient (Wildman–Crippen LogP) is 0.724. The van der Waals surface area contributed by atoms with Crippen LogP contribution in [-0.2, 0) is 30.9 Å². The third-order valence-corrected chi connectivity index (χ3v) is 7.01. The fourth-order valence-electron chi connectivity index (χ4n) is 3.42. The summed E-state index contributed by atoms with van der Waals surface area (Å²) in [6, 6.07) is 9.59. The lowest BCUT2D eigenvalue weighted by Crippen LogP contribution is -2.53. The molecule has 12 heteroatoms. The van der Waals surface area contributed by atoms with Crippen LogP contribution in [0.2, 0.25) is 0 Å². The van der Waals surface area contributed by atoms with Crippen LogP contribution < -0.4 is 20.1 Å². The van der Waals surface area contributed by atoms with E-state index in [0.29, 0.717) is 30.1 Å². The van der Waals surface area contributed by atoms with Gasteiger partial charge < -0.3 is 24.8 Å². The minimum atomic E-state index is -3.98. The normalized spacial score (nSPS) is 18.0. The molecule has 0 bridgehead atoms. The second-order valence-corrected chi connectivity index (χ2v) is 9.22. The lowest BCUT2D eigenvalue weighted by atomic mass is 10.2. The number of amides is 2. The van der Waals surface area contributed by atoms with Crippen LogP contribution in [0.25, 0.3) is 0 Å². The second-order valence-electron chi connectivity index (χ2n) is 7.33. The number of carbonyl (C=O) groups is 2. The Bertz CT molecular complexity index is 1140. The Morgan fingerprint density at radius 3 is 2.55 bits per heavy atom. The Morgan fingerprint density at radius 1 is 1.03 bits per heavy atom. The third-order valence-electron chi connectivity index (χ3n) is 5.11. The van der Waals surface area contributed by atoms with Gasteiger partial charge in [0.2, 0.25) is 16.8 Å². The predicted molar refractivity (Wildman–Crippen MR) is 112 cm³/mol. The van der Waals surface area contributed by atoms with Gasteiger partial charge in [0.15, 0.2) is 11.5 Å². The molecule has 0 aliphatic carbocycles. The minimum absolute atomic E-state index is 0.0906. The Balaban J connectivity index is 1.33. The van der Waals surface area contributed by atoms with E-state index in [2.05, 4.69) is 10.6 Å². The van der Waals surface area contributed by atoms with Gasteiger partial charge in [-0.25, -0.2) is 12.8 Å². The standard InChI is InChI=1S/C21H22FN3O7S/c22-15-3-5-16(6-4-15)33(28,29)25-8-1-9-30-19(25)12-24-21(27)20(26)23-11-14-2-7-17-18(10-14)32-13-31-17/h2-7,10,19H,1,8-9,11-13H2,(H,23,26)(H,24,27)/t19-/m0/s1. The lowest BCUT2D eigenvalue weighted by molar-refractivity contribution is -0.140. The quantitative estimate of drug-likeness (QED) is 0.586. The van der Waals surface area contributed by atoms with Gasteiger partial charge in [-0.05, 0) is 48.4 Å². The maximum absolute atomic E-state index is 13.2. The molecule has 2 heterocycles. The van der Waals surface area contributed by atoms with E-state index in [4.69, 9.17) is 14.2 Å². The number of fused-ring (bicyclic) bond motifs is 1. The summed E-state index contributed by atoms with van der Waals surface area (Å²) < 4.78 is 56.2. The molecule has 10 nitrogen and oxygen atoms in total. The number of nitrogens with zero attached hydrogens (tertiary/aromatic N) is 1. The van der Waals surface area contributed by atoms with E-state index in [-0.39, 0.29) is 31.3 Å². The number of hydrogen-bond acceptors (Lipinski definition) is 7. The molecule has 176 valence electrons. The highest BCUT2D eigenvalue weighted by atomic mass is 32.2. The molecule has 1 saturated heterocycles. The van der Waals surface area contributed by atoms with Crippen molar-refractivity contribution in [3.05, 3.63) is 53.8 Å². The molecule has 2 amide bonds. The van der Waals surface area contributed by atoms with Gasteiger partial charge in [-0.2, -0.15) is 4.31 Å². The fraction of sp³-hybridized carbons (Fsp3) is 0.333. The molecule has 0 unspecified atom stereocenters. The van der Waals surface area contributed by atoms with Crippen molar-refractivity contribution in [1.82, 2.24) is 14.9 Å². The molecule has 1 fully saturated rings. The van der Waals surface area contributed by atoms with Gasteiger partial charge in [-0.15, -0.1) is 0 Å². The Morgan fingerprint density at radius 2 is 1.76 bits per heavy atom. The van der Waals surface area contributed by atoms with Crippen molar-refractivity contribution in [2.75, 3.05) is 26.5 Å². The number of carbonyl (C=O) groups excluding carboxylic acids is 2. The molecule has 33 heavy (non-hydrogen) atoms. The van der Waals surface area contributed by atoms with Gasteiger partial charge in [-0.3, -0.25) is 9.59 Å². The third kappa shape index (κ3) is 5.24. The summed E-state index contributed by atoms with van der Waals surface area (Å²) in [6.45, 7) is 0.456. The topological polar surface area (TPSA) is 123 Å². The van der Waals surface area contributed by atoms with Crippen molar-refractivity contribution in [2.45, 2.75) is 24.1 Å². The van der Waals surface area contributed by atoms with Crippen LogP contribution in [0.3, 0.4) is 0 Å². The van der Waals surface area contributed by atoms with Crippen LogP contribution in [0.1, 0.15) is 12.0 Å². The smallest absolute Gasteiger partial charge is 0.309 e. The lowest BCUT2D eigenvalue weighted by Gasteiger charge is -2.34. The number of benzene rings is 2. The highest BCUT2D eigenvalue weighted by Crippen LogP contribution is 2.32. The van der Waals surface area contributed by atoms with E-state index >= 15 is 0 Å². The van der Waals surface area contributed by atoms with Crippen molar-refractivity contribution < 1.29 is 36.6 Å². The van der Waals surface area contributed by atoms with Crippen molar-refractivity contribution in [2.24, 2.45) is 0 Å². The van der Waals surface area contributed by atoms with Gasteiger partial charge >= 0.3 is 11.8 Å². The summed E-state index contributed by atoms with van der Waals surface area (Å²) >= 11 is 0. The van der Waals surface area contributed by atoms with Crippen molar-refractivity contribution in [3.63, 3.8) is 0 Å². The van der Waals surface area contributed by atoms with Crippen LogP contribution in [-0.4, -0.2) is 57.3 Å². The molecule has 2 N–H and O–H groups in total. The number of nitrogens with one attached hydrogen (secondary N) is 2. The van der Waals surface area contributed by atoms with E-state index in [1.54, 1.807) is 18.2 Å². The zero-order valence-electron chi connectivity index (χ0n) is 17.5. The molecule has 2 aromatic carbocycles. The number of sulfonamides is 1. The van der Waals surface area contributed by atoms with Crippen LogP contribution >= 0.6 is 0 Å². The molecule has 2 aromatic rings. The monoisotopic (exact) mass is 479 g/mol.